The molecule has 0 bridgehead atoms. The zero-order chi connectivity index (χ0) is 16.2. The number of hydrogen-bond acceptors (Lipinski definition) is 5. The lowest BCUT2D eigenvalue weighted by molar-refractivity contribution is -0.00548. The molecular weight excluding hydrogens is 306 g/mol. The molecule has 0 spiro atoms. The number of ether oxygens (including phenoxy) is 1. The van der Waals surface area contributed by atoms with Crippen molar-refractivity contribution in [1.29, 1.82) is 0 Å². The lowest BCUT2D eigenvalue weighted by atomic mass is 10.2. The van der Waals surface area contributed by atoms with Crippen LogP contribution in [0.3, 0.4) is 0 Å². The summed E-state index contributed by atoms with van der Waals surface area (Å²) in [7, 11) is 0. The molecule has 4 nitrogen and oxygen atoms in total. The maximum absolute atomic E-state index is 5.79. The van der Waals surface area contributed by atoms with Gasteiger partial charge in [0.15, 0.2) is 0 Å². The first-order valence-corrected chi connectivity index (χ1v) is 8.99. The van der Waals surface area contributed by atoms with Gasteiger partial charge in [0, 0.05) is 24.9 Å². The van der Waals surface area contributed by atoms with Gasteiger partial charge in [0.25, 0.3) is 0 Å². The molecule has 1 aromatic heterocycles. The molecule has 0 amide bonds. The van der Waals surface area contributed by atoms with E-state index in [2.05, 4.69) is 66.0 Å². The molecule has 2 aromatic rings. The average molecular weight is 329 g/mol. The third-order valence-corrected chi connectivity index (χ3v) is 4.84. The highest BCUT2D eigenvalue weighted by molar-refractivity contribution is 7.98. The van der Waals surface area contributed by atoms with Crippen LogP contribution < -0.4 is 4.90 Å². The number of hydrogen-bond donors (Lipinski definition) is 0. The molecule has 2 heterocycles. The summed E-state index contributed by atoms with van der Waals surface area (Å²) >= 11 is 1.75. The van der Waals surface area contributed by atoms with E-state index in [9.17, 15) is 0 Å². The lowest BCUT2D eigenvalue weighted by Gasteiger charge is -2.36. The van der Waals surface area contributed by atoms with Crippen LogP contribution in [0.15, 0.2) is 41.7 Å². The topological polar surface area (TPSA) is 38.2 Å². The molecular formula is C18H23N3OS. The van der Waals surface area contributed by atoms with Crippen molar-refractivity contribution in [2.45, 2.75) is 43.8 Å². The summed E-state index contributed by atoms with van der Waals surface area (Å²) < 4.78 is 5.79. The van der Waals surface area contributed by atoms with Gasteiger partial charge < -0.3 is 9.64 Å². The number of morpholine rings is 1. The van der Waals surface area contributed by atoms with Crippen LogP contribution >= 0.6 is 11.8 Å². The third kappa shape index (κ3) is 4.45. The molecule has 1 saturated heterocycles. The van der Waals surface area contributed by atoms with Crippen LogP contribution in [-0.2, 0) is 10.5 Å². The molecule has 1 aromatic carbocycles. The fraction of sp³-hybridized carbons (Fsp3) is 0.444. The largest absolute Gasteiger partial charge is 0.372 e. The Bertz CT molecular complexity index is 654. The summed E-state index contributed by atoms with van der Waals surface area (Å²) in [6.45, 7) is 8.10. The van der Waals surface area contributed by atoms with Gasteiger partial charge in [-0.05, 0) is 26.3 Å². The molecule has 0 radical (unpaired) electrons. The smallest absolute Gasteiger partial charge is 0.133 e. The quantitative estimate of drug-likeness (QED) is 0.632. The van der Waals surface area contributed by atoms with Crippen LogP contribution in [0.25, 0.3) is 0 Å². The second-order valence-electron chi connectivity index (χ2n) is 6.15. The maximum Gasteiger partial charge on any atom is 0.133 e. The molecule has 0 N–H and O–H groups in total. The monoisotopic (exact) mass is 329 g/mol. The molecule has 1 aliphatic heterocycles. The van der Waals surface area contributed by atoms with Crippen LogP contribution in [0.4, 0.5) is 5.82 Å². The van der Waals surface area contributed by atoms with E-state index in [0.29, 0.717) is 0 Å². The Kier molecular flexibility index (Phi) is 5.18. The summed E-state index contributed by atoms with van der Waals surface area (Å²) in [6.07, 6.45) is 2.13. The Balaban J connectivity index is 1.67. The molecule has 3 rings (SSSR count). The minimum Gasteiger partial charge on any atom is -0.372 e. The predicted octanol–water partition coefficient (Wildman–Crippen LogP) is 3.69. The molecule has 23 heavy (non-hydrogen) atoms. The van der Waals surface area contributed by atoms with E-state index >= 15 is 0 Å². The van der Waals surface area contributed by atoms with E-state index in [1.165, 1.54) is 11.1 Å². The van der Waals surface area contributed by atoms with Crippen molar-refractivity contribution in [3.8, 4) is 0 Å². The van der Waals surface area contributed by atoms with Crippen molar-refractivity contribution < 1.29 is 4.74 Å². The first-order valence-electron chi connectivity index (χ1n) is 8.01. The number of benzene rings is 1. The Hall–Kier alpha value is -1.59. The number of rotatable bonds is 4. The zero-order valence-corrected chi connectivity index (χ0v) is 14.7. The van der Waals surface area contributed by atoms with Gasteiger partial charge in [-0.25, -0.2) is 9.97 Å². The fourth-order valence-corrected chi connectivity index (χ4v) is 3.71. The first-order chi connectivity index (χ1) is 11.1. The Morgan fingerprint density at radius 3 is 2.70 bits per heavy atom. The molecule has 0 aliphatic carbocycles. The van der Waals surface area contributed by atoms with E-state index < -0.39 is 0 Å². The SMILES string of the molecule is Cc1cccc(CSc2cc(N3CC(C)OC(C)C3)ncn2)c1. The molecule has 1 fully saturated rings. The summed E-state index contributed by atoms with van der Waals surface area (Å²) in [5.74, 6) is 1.92. The van der Waals surface area contributed by atoms with Crippen LogP contribution in [-0.4, -0.2) is 35.3 Å². The Morgan fingerprint density at radius 2 is 1.96 bits per heavy atom. The van der Waals surface area contributed by atoms with Gasteiger partial charge in [-0.2, -0.15) is 0 Å². The highest BCUT2D eigenvalue weighted by atomic mass is 32.2. The van der Waals surface area contributed by atoms with Crippen molar-refractivity contribution in [1.82, 2.24) is 9.97 Å². The van der Waals surface area contributed by atoms with Gasteiger partial charge in [-0.15, -0.1) is 11.8 Å². The Labute approximate surface area is 142 Å². The maximum atomic E-state index is 5.79. The van der Waals surface area contributed by atoms with Gasteiger partial charge in [-0.1, -0.05) is 29.8 Å². The van der Waals surface area contributed by atoms with Crippen molar-refractivity contribution in [2.75, 3.05) is 18.0 Å². The minimum atomic E-state index is 0.233. The molecule has 1 aliphatic rings. The van der Waals surface area contributed by atoms with Gasteiger partial charge in [0.05, 0.1) is 12.2 Å². The second-order valence-corrected chi connectivity index (χ2v) is 7.15. The summed E-state index contributed by atoms with van der Waals surface area (Å²) in [6, 6.07) is 10.7. The molecule has 2 atom stereocenters. The van der Waals surface area contributed by atoms with Crippen molar-refractivity contribution >= 4 is 17.6 Å². The Morgan fingerprint density at radius 1 is 1.17 bits per heavy atom. The molecule has 5 heteroatoms. The number of nitrogens with zero attached hydrogens (tertiary/aromatic N) is 3. The zero-order valence-electron chi connectivity index (χ0n) is 13.9. The van der Waals surface area contributed by atoms with Gasteiger partial charge in [-0.3, -0.25) is 0 Å². The van der Waals surface area contributed by atoms with Crippen molar-refractivity contribution in [3.05, 3.63) is 47.8 Å². The van der Waals surface area contributed by atoms with Gasteiger partial charge >= 0.3 is 0 Å². The van der Waals surface area contributed by atoms with E-state index in [4.69, 9.17) is 4.74 Å². The summed E-state index contributed by atoms with van der Waals surface area (Å²) in [5.41, 5.74) is 2.62. The standard InChI is InChI=1S/C18H23N3OS/c1-13-5-4-6-16(7-13)11-23-18-8-17(19-12-20-18)21-9-14(2)22-15(3)10-21/h4-8,12,14-15H,9-11H2,1-3H3. The number of aryl methyl sites for hydroxylation is 1. The predicted molar refractivity (Wildman–Crippen MR) is 95.0 cm³/mol. The van der Waals surface area contributed by atoms with Crippen molar-refractivity contribution in [2.24, 2.45) is 0 Å². The number of aromatic nitrogens is 2. The highest BCUT2D eigenvalue weighted by Crippen LogP contribution is 2.25. The first kappa shape index (κ1) is 16.3. The summed E-state index contributed by atoms with van der Waals surface area (Å²) in [5, 5.41) is 1.02. The molecule has 122 valence electrons. The van der Waals surface area contributed by atoms with E-state index in [1.807, 2.05) is 0 Å². The van der Waals surface area contributed by atoms with E-state index in [1.54, 1.807) is 18.1 Å². The van der Waals surface area contributed by atoms with E-state index in [-0.39, 0.29) is 12.2 Å². The lowest BCUT2D eigenvalue weighted by Crippen LogP contribution is -2.45. The molecule has 2 unspecified atom stereocenters. The minimum absolute atomic E-state index is 0.233. The normalized spacial score (nSPS) is 21.4. The van der Waals surface area contributed by atoms with Crippen LogP contribution in [0.2, 0.25) is 0 Å². The van der Waals surface area contributed by atoms with Crippen LogP contribution in [0.1, 0.15) is 25.0 Å². The number of thioether (sulfide) groups is 1. The summed E-state index contributed by atoms with van der Waals surface area (Å²) in [4.78, 5) is 11.1. The highest BCUT2D eigenvalue weighted by Gasteiger charge is 2.23. The van der Waals surface area contributed by atoms with Gasteiger partial charge in [0.1, 0.15) is 17.2 Å². The van der Waals surface area contributed by atoms with Crippen LogP contribution in [0, 0.1) is 6.92 Å². The fourth-order valence-electron chi connectivity index (χ4n) is 2.91. The average Bonchev–Trinajstić information content (AvgIpc) is 2.52. The van der Waals surface area contributed by atoms with Crippen LogP contribution in [0.5, 0.6) is 0 Å². The van der Waals surface area contributed by atoms with E-state index in [0.717, 1.165) is 29.7 Å². The number of anilines is 1. The van der Waals surface area contributed by atoms with Crippen molar-refractivity contribution in [3.63, 3.8) is 0 Å². The third-order valence-electron chi connectivity index (χ3n) is 3.84. The van der Waals surface area contributed by atoms with Gasteiger partial charge in [0.2, 0.25) is 0 Å². The second kappa shape index (κ2) is 7.32. The molecule has 0 saturated carbocycles.